The van der Waals surface area contributed by atoms with Crippen LogP contribution in [0.15, 0.2) is 89.3 Å². The first kappa shape index (κ1) is 27.3. The van der Waals surface area contributed by atoms with Crippen LogP contribution >= 0.6 is 0 Å². The highest BCUT2D eigenvalue weighted by atomic mass is 16.6. The van der Waals surface area contributed by atoms with Gasteiger partial charge in [-0.1, -0.05) is 60.7 Å². The Bertz CT molecular complexity index is 1520. The van der Waals surface area contributed by atoms with Gasteiger partial charge < -0.3 is 14.2 Å². The molecular weight excluding hydrogens is 534 g/mol. The monoisotopic (exact) mass is 565 g/mol. The number of nitro groups is 1. The summed E-state index contributed by atoms with van der Waals surface area (Å²) < 4.78 is 5.10. The van der Waals surface area contributed by atoms with Gasteiger partial charge in [0, 0.05) is 62.0 Å². The maximum absolute atomic E-state index is 13.7. The number of carbonyl (C=O) groups is 2. The van der Waals surface area contributed by atoms with Crippen LogP contribution in [0.4, 0.5) is 5.88 Å². The van der Waals surface area contributed by atoms with Gasteiger partial charge >= 0.3 is 5.88 Å². The quantitative estimate of drug-likeness (QED) is 0.239. The van der Waals surface area contributed by atoms with Gasteiger partial charge in [0.1, 0.15) is 4.92 Å². The lowest BCUT2D eigenvalue weighted by atomic mass is 10.0. The molecule has 2 aliphatic rings. The molecule has 2 fully saturated rings. The van der Waals surface area contributed by atoms with Crippen molar-refractivity contribution in [3.63, 3.8) is 0 Å². The van der Waals surface area contributed by atoms with E-state index in [0.717, 1.165) is 48.4 Å². The summed E-state index contributed by atoms with van der Waals surface area (Å²) in [6, 6.07) is 26.5. The van der Waals surface area contributed by atoms with Crippen LogP contribution in [0.25, 0.3) is 22.5 Å². The van der Waals surface area contributed by atoms with Gasteiger partial charge in [-0.25, -0.2) is 4.98 Å². The van der Waals surface area contributed by atoms with Crippen molar-refractivity contribution < 1.29 is 18.9 Å². The van der Waals surface area contributed by atoms with E-state index in [0.29, 0.717) is 37.8 Å². The minimum absolute atomic E-state index is 0.000584. The Labute approximate surface area is 243 Å². The third-order valence-electron chi connectivity index (χ3n) is 8.06. The summed E-state index contributed by atoms with van der Waals surface area (Å²) in [5, 5.41) is 10.9. The summed E-state index contributed by atoms with van der Waals surface area (Å²) in [5.74, 6) is -0.757. The van der Waals surface area contributed by atoms with Crippen LogP contribution in [0.5, 0.6) is 0 Å². The predicted octanol–water partition coefficient (Wildman–Crippen LogP) is 4.98. The maximum Gasteiger partial charge on any atom is 0.433 e. The van der Waals surface area contributed by atoms with E-state index in [1.807, 2.05) is 77.7 Å². The van der Waals surface area contributed by atoms with E-state index in [1.54, 1.807) is 4.90 Å². The number of benzene rings is 2. The lowest BCUT2D eigenvalue weighted by Gasteiger charge is -2.42. The van der Waals surface area contributed by atoms with Crippen LogP contribution in [0.1, 0.15) is 33.8 Å². The average molecular weight is 566 g/mol. The number of piperidine rings is 1. The molecule has 0 bridgehead atoms. The van der Waals surface area contributed by atoms with Gasteiger partial charge in [-0.3, -0.25) is 24.6 Å². The van der Waals surface area contributed by atoms with E-state index >= 15 is 0 Å². The normalized spacial score (nSPS) is 16.4. The molecule has 0 aliphatic carbocycles. The highest BCUT2D eigenvalue weighted by molar-refractivity contribution is 5.96. The molecule has 2 aliphatic heterocycles. The third kappa shape index (κ3) is 5.80. The zero-order valence-electron chi connectivity index (χ0n) is 23.1. The number of likely N-dealkylation sites (tertiary alicyclic amines) is 1. The molecule has 2 aromatic carbocycles. The Morgan fingerprint density at radius 3 is 1.81 bits per heavy atom. The third-order valence-corrected chi connectivity index (χ3v) is 8.06. The minimum atomic E-state index is -0.646. The Kier molecular flexibility index (Phi) is 7.78. The van der Waals surface area contributed by atoms with Crippen molar-refractivity contribution in [1.29, 1.82) is 0 Å². The second-order valence-corrected chi connectivity index (χ2v) is 10.6. The first-order valence-electron chi connectivity index (χ1n) is 14.2. The van der Waals surface area contributed by atoms with Crippen LogP contribution in [0.3, 0.4) is 0 Å². The fourth-order valence-corrected chi connectivity index (χ4v) is 5.77. The molecule has 0 N–H and O–H groups in total. The summed E-state index contributed by atoms with van der Waals surface area (Å²) in [4.78, 5) is 47.6. The first-order chi connectivity index (χ1) is 20.5. The molecule has 10 heteroatoms. The smallest absolute Gasteiger partial charge is 0.395 e. The van der Waals surface area contributed by atoms with Gasteiger partial charge in [-0.15, -0.1) is 0 Å². The molecule has 2 aromatic heterocycles. The molecule has 0 atom stereocenters. The Balaban J connectivity index is 1.09. The SMILES string of the molecule is O=C(c1cc(-c2ccccc2)nc(-c2ccccc2)c1)N1CCN(C2CCN(C(=O)c3ccc([N+](=O)[O-])o3)CC2)CC1. The van der Waals surface area contributed by atoms with Crippen molar-refractivity contribution in [1.82, 2.24) is 19.7 Å². The van der Waals surface area contributed by atoms with Crippen molar-refractivity contribution >= 4 is 17.7 Å². The fourth-order valence-electron chi connectivity index (χ4n) is 5.77. The molecule has 0 saturated carbocycles. The topological polar surface area (TPSA) is 113 Å². The fraction of sp³-hybridized carbons (Fsp3) is 0.281. The lowest BCUT2D eigenvalue weighted by molar-refractivity contribution is -0.402. The number of furan rings is 1. The van der Waals surface area contributed by atoms with E-state index in [-0.39, 0.29) is 17.6 Å². The molecule has 6 rings (SSSR count). The maximum atomic E-state index is 13.7. The van der Waals surface area contributed by atoms with E-state index in [4.69, 9.17) is 9.40 Å². The first-order valence-corrected chi connectivity index (χ1v) is 14.2. The molecule has 0 radical (unpaired) electrons. The van der Waals surface area contributed by atoms with Crippen LogP contribution in [0, 0.1) is 10.1 Å². The molecule has 2 amide bonds. The molecule has 2 saturated heterocycles. The van der Waals surface area contributed by atoms with E-state index < -0.39 is 10.8 Å². The van der Waals surface area contributed by atoms with Gasteiger partial charge in [0.15, 0.2) is 5.76 Å². The van der Waals surface area contributed by atoms with Crippen molar-refractivity contribution in [2.75, 3.05) is 39.3 Å². The highest BCUT2D eigenvalue weighted by Gasteiger charge is 2.32. The van der Waals surface area contributed by atoms with Crippen molar-refractivity contribution in [2.45, 2.75) is 18.9 Å². The number of aromatic nitrogens is 1. The summed E-state index contributed by atoms with van der Waals surface area (Å²) in [6.07, 6.45) is 1.60. The summed E-state index contributed by atoms with van der Waals surface area (Å²) in [7, 11) is 0. The number of rotatable bonds is 6. The van der Waals surface area contributed by atoms with Gasteiger partial charge in [0.05, 0.1) is 17.5 Å². The zero-order valence-corrected chi connectivity index (χ0v) is 23.1. The molecule has 4 aromatic rings. The molecule has 10 nitrogen and oxygen atoms in total. The Morgan fingerprint density at radius 2 is 1.29 bits per heavy atom. The van der Waals surface area contributed by atoms with Gasteiger partial charge in [0.2, 0.25) is 0 Å². The van der Waals surface area contributed by atoms with Gasteiger partial charge in [-0.2, -0.15) is 0 Å². The van der Waals surface area contributed by atoms with E-state index in [2.05, 4.69) is 4.90 Å². The van der Waals surface area contributed by atoms with Crippen molar-refractivity contribution in [3.8, 4) is 22.5 Å². The molecule has 214 valence electrons. The van der Waals surface area contributed by atoms with Gasteiger partial charge in [0.25, 0.3) is 11.8 Å². The van der Waals surface area contributed by atoms with Crippen LogP contribution in [-0.4, -0.2) is 81.7 Å². The highest BCUT2D eigenvalue weighted by Crippen LogP contribution is 2.27. The lowest BCUT2D eigenvalue weighted by Crippen LogP contribution is -2.54. The molecule has 0 unspecified atom stereocenters. The minimum Gasteiger partial charge on any atom is -0.395 e. The molecule has 0 spiro atoms. The largest absolute Gasteiger partial charge is 0.433 e. The van der Waals surface area contributed by atoms with Crippen LogP contribution in [-0.2, 0) is 0 Å². The van der Waals surface area contributed by atoms with Crippen LogP contribution < -0.4 is 0 Å². The summed E-state index contributed by atoms with van der Waals surface area (Å²) >= 11 is 0. The van der Waals surface area contributed by atoms with E-state index in [9.17, 15) is 19.7 Å². The number of piperazine rings is 1. The van der Waals surface area contributed by atoms with Gasteiger partial charge in [-0.05, 0) is 31.0 Å². The van der Waals surface area contributed by atoms with Crippen molar-refractivity contribution in [3.05, 3.63) is 106 Å². The second kappa shape index (κ2) is 12.0. The molecular formula is C32H31N5O5. The van der Waals surface area contributed by atoms with Crippen LogP contribution in [0.2, 0.25) is 0 Å². The predicted molar refractivity (Wildman–Crippen MR) is 157 cm³/mol. The molecule has 42 heavy (non-hydrogen) atoms. The Morgan fingerprint density at radius 1 is 0.738 bits per heavy atom. The van der Waals surface area contributed by atoms with E-state index in [1.165, 1.54) is 12.1 Å². The number of hydrogen-bond acceptors (Lipinski definition) is 7. The van der Waals surface area contributed by atoms with Crippen molar-refractivity contribution in [2.24, 2.45) is 0 Å². The standard InChI is InChI=1S/C32H31N5O5/c38-31(25-21-27(23-7-3-1-4-8-23)33-28(22-25)24-9-5-2-6-10-24)36-19-17-34(18-20-36)26-13-15-35(16-14-26)32(39)29-11-12-30(42-29)37(40)41/h1-12,21-22,26H,13-20H2. The number of hydrogen-bond donors (Lipinski definition) is 0. The molecule has 4 heterocycles. The number of amides is 2. The number of pyridine rings is 1. The summed E-state index contributed by atoms with van der Waals surface area (Å²) in [6.45, 7) is 3.88. The number of nitrogens with zero attached hydrogens (tertiary/aromatic N) is 5. The summed E-state index contributed by atoms with van der Waals surface area (Å²) in [5.41, 5.74) is 4.09. The number of carbonyl (C=O) groups excluding carboxylic acids is 2. The Hall–Kier alpha value is -4.83. The zero-order chi connectivity index (χ0) is 29.1. The average Bonchev–Trinajstić information content (AvgIpc) is 3.56. The second-order valence-electron chi connectivity index (χ2n) is 10.6.